The van der Waals surface area contributed by atoms with Gasteiger partial charge in [0.25, 0.3) is 0 Å². The van der Waals surface area contributed by atoms with Crippen molar-refractivity contribution >= 4 is 12.0 Å². The van der Waals surface area contributed by atoms with Crippen LogP contribution in [0.25, 0.3) is 6.08 Å². The highest BCUT2D eigenvalue weighted by Gasteiger charge is 1.96. The lowest BCUT2D eigenvalue weighted by Gasteiger charge is -2.00. The Labute approximate surface area is 82.3 Å². The summed E-state index contributed by atoms with van der Waals surface area (Å²) in [7, 11) is 0. The van der Waals surface area contributed by atoms with E-state index in [1.807, 2.05) is 6.92 Å². The molecule has 1 aromatic carbocycles. The van der Waals surface area contributed by atoms with E-state index >= 15 is 0 Å². The second kappa shape index (κ2) is 4.46. The van der Waals surface area contributed by atoms with Crippen LogP contribution >= 0.6 is 0 Å². The third kappa shape index (κ3) is 2.94. The molecule has 1 aromatic rings. The maximum absolute atomic E-state index is 10.2. The van der Waals surface area contributed by atoms with Gasteiger partial charge in [0.2, 0.25) is 0 Å². The fourth-order valence-electron chi connectivity index (χ4n) is 1.13. The molecule has 0 fully saturated rings. The van der Waals surface area contributed by atoms with Gasteiger partial charge in [0, 0.05) is 0 Å². The van der Waals surface area contributed by atoms with Gasteiger partial charge in [-0.1, -0.05) is 18.2 Å². The number of carboxylic acid groups (broad SMARTS) is 1. The molecule has 0 aliphatic carbocycles. The standard InChI is InChI=1S/C11H12O3/c1-8-7-10(12)6-5-9(8)3-2-4-11(13)14/h2-3,5-7,12H,4H2,1H3,(H,13,14). The first-order chi connectivity index (χ1) is 6.59. The number of carbonyl (C=O) groups is 1. The summed E-state index contributed by atoms with van der Waals surface area (Å²) in [6.45, 7) is 1.86. The zero-order chi connectivity index (χ0) is 10.6. The van der Waals surface area contributed by atoms with Crippen LogP contribution in [0.4, 0.5) is 0 Å². The summed E-state index contributed by atoms with van der Waals surface area (Å²) in [6.07, 6.45) is 3.34. The van der Waals surface area contributed by atoms with E-state index in [0.29, 0.717) is 0 Å². The Morgan fingerprint density at radius 2 is 2.21 bits per heavy atom. The normalized spacial score (nSPS) is 10.6. The number of carboxylic acids is 1. The second-order valence-electron chi connectivity index (χ2n) is 3.04. The highest BCUT2D eigenvalue weighted by Crippen LogP contribution is 2.16. The van der Waals surface area contributed by atoms with Crippen LogP contribution in [0, 0.1) is 6.92 Å². The number of aryl methyl sites for hydroxylation is 1. The van der Waals surface area contributed by atoms with Gasteiger partial charge in [-0.25, -0.2) is 0 Å². The number of phenols is 1. The van der Waals surface area contributed by atoms with Crippen molar-refractivity contribution in [2.24, 2.45) is 0 Å². The minimum atomic E-state index is -0.849. The molecule has 74 valence electrons. The first kappa shape index (κ1) is 10.3. The maximum atomic E-state index is 10.2. The molecule has 0 spiro atoms. The molecule has 0 amide bonds. The summed E-state index contributed by atoms with van der Waals surface area (Å²) in [5.74, 6) is -0.629. The van der Waals surface area contributed by atoms with Crippen molar-refractivity contribution < 1.29 is 15.0 Å². The van der Waals surface area contributed by atoms with Crippen molar-refractivity contribution in [3.05, 3.63) is 35.4 Å². The fraction of sp³-hybridized carbons (Fsp3) is 0.182. The van der Waals surface area contributed by atoms with Gasteiger partial charge < -0.3 is 10.2 Å². The van der Waals surface area contributed by atoms with Gasteiger partial charge in [-0.2, -0.15) is 0 Å². The zero-order valence-electron chi connectivity index (χ0n) is 7.90. The predicted octanol–water partition coefficient (Wildman–Crippen LogP) is 2.19. The van der Waals surface area contributed by atoms with E-state index in [0.717, 1.165) is 11.1 Å². The van der Waals surface area contributed by atoms with E-state index in [4.69, 9.17) is 10.2 Å². The van der Waals surface area contributed by atoms with Crippen LogP contribution in [-0.2, 0) is 4.79 Å². The molecule has 14 heavy (non-hydrogen) atoms. The maximum Gasteiger partial charge on any atom is 0.307 e. The molecule has 0 saturated heterocycles. The van der Waals surface area contributed by atoms with Gasteiger partial charge in [0.15, 0.2) is 0 Å². The van der Waals surface area contributed by atoms with Crippen LogP contribution in [-0.4, -0.2) is 16.2 Å². The molecule has 3 heteroatoms. The second-order valence-corrected chi connectivity index (χ2v) is 3.04. The molecular formula is C11H12O3. The Kier molecular flexibility index (Phi) is 3.29. The summed E-state index contributed by atoms with van der Waals surface area (Å²) < 4.78 is 0. The van der Waals surface area contributed by atoms with Crippen LogP contribution in [0.2, 0.25) is 0 Å². The molecule has 0 aliphatic rings. The van der Waals surface area contributed by atoms with Gasteiger partial charge in [-0.15, -0.1) is 0 Å². The highest BCUT2D eigenvalue weighted by atomic mass is 16.4. The number of hydrogen-bond donors (Lipinski definition) is 2. The molecule has 0 aromatic heterocycles. The number of aliphatic carboxylic acids is 1. The quantitative estimate of drug-likeness (QED) is 0.771. The molecule has 2 N–H and O–H groups in total. The Bertz CT molecular complexity index is 367. The molecule has 0 heterocycles. The number of phenolic OH excluding ortho intramolecular Hbond substituents is 1. The third-order valence-corrected chi connectivity index (χ3v) is 1.84. The minimum Gasteiger partial charge on any atom is -0.508 e. The van der Waals surface area contributed by atoms with Gasteiger partial charge in [0.05, 0.1) is 6.42 Å². The molecule has 0 radical (unpaired) electrons. The van der Waals surface area contributed by atoms with Crippen molar-refractivity contribution in [3.63, 3.8) is 0 Å². The Morgan fingerprint density at radius 1 is 1.50 bits per heavy atom. The Balaban J connectivity index is 2.76. The van der Waals surface area contributed by atoms with Crippen molar-refractivity contribution in [3.8, 4) is 5.75 Å². The summed E-state index contributed by atoms with van der Waals surface area (Å²) in [6, 6.07) is 4.97. The molecule has 0 aliphatic heterocycles. The Morgan fingerprint density at radius 3 is 2.79 bits per heavy atom. The number of rotatable bonds is 3. The average molecular weight is 192 g/mol. The molecule has 3 nitrogen and oxygen atoms in total. The lowest BCUT2D eigenvalue weighted by atomic mass is 10.1. The molecule has 1 rings (SSSR count). The SMILES string of the molecule is Cc1cc(O)ccc1C=CCC(=O)O. The minimum absolute atomic E-state index is 0.0142. The van der Waals surface area contributed by atoms with Gasteiger partial charge in [-0.05, 0) is 30.2 Å². The molecule has 0 bridgehead atoms. The zero-order valence-corrected chi connectivity index (χ0v) is 7.90. The largest absolute Gasteiger partial charge is 0.508 e. The van der Waals surface area contributed by atoms with E-state index in [1.165, 1.54) is 0 Å². The van der Waals surface area contributed by atoms with Crippen molar-refractivity contribution in [1.29, 1.82) is 0 Å². The van der Waals surface area contributed by atoms with Crippen LogP contribution in [0.15, 0.2) is 24.3 Å². The van der Waals surface area contributed by atoms with Crippen molar-refractivity contribution in [2.45, 2.75) is 13.3 Å². The molecular weight excluding hydrogens is 180 g/mol. The van der Waals surface area contributed by atoms with Crippen LogP contribution < -0.4 is 0 Å². The van der Waals surface area contributed by atoms with Gasteiger partial charge in [0.1, 0.15) is 5.75 Å². The van der Waals surface area contributed by atoms with Crippen LogP contribution in [0.5, 0.6) is 5.75 Å². The third-order valence-electron chi connectivity index (χ3n) is 1.84. The monoisotopic (exact) mass is 192 g/mol. The Hall–Kier alpha value is -1.77. The van der Waals surface area contributed by atoms with E-state index in [-0.39, 0.29) is 12.2 Å². The summed E-state index contributed by atoms with van der Waals surface area (Å²) >= 11 is 0. The smallest absolute Gasteiger partial charge is 0.307 e. The summed E-state index contributed by atoms with van der Waals surface area (Å²) in [5, 5.41) is 17.5. The van der Waals surface area contributed by atoms with Crippen molar-refractivity contribution in [2.75, 3.05) is 0 Å². The van der Waals surface area contributed by atoms with Gasteiger partial charge >= 0.3 is 5.97 Å². The predicted molar refractivity (Wildman–Crippen MR) is 54.1 cm³/mol. The average Bonchev–Trinajstić information content (AvgIpc) is 2.08. The van der Waals surface area contributed by atoms with E-state index in [2.05, 4.69) is 0 Å². The highest BCUT2D eigenvalue weighted by molar-refractivity contribution is 5.70. The molecule has 0 unspecified atom stereocenters. The summed E-state index contributed by atoms with van der Waals surface area (Å²) in [5.41, 5.74) is 1.84. The van der Waals surface area contributed by atoms with Crippen molar-refractivity contribution in [1.82, 2.24) is 0 Å². The number of hydrogen-bond acceptors (Lipinski definition) is 2. The van der Waals surface area contributed by atoms with E-state index in [9.17, 15) is 4.79 Å². The van der Waals surface area contributed by atoms with E-state index in [1.54, 1.807) is 30.4 Å². The fourth-order valence-corrected chi connectivity index (χ4v) is 1.13. The lowest BCUT2D eigenvalue weighted by Crippen LogP contribution is -1.89. The van der Waals surface area contributed by atoms with Gasteiger partial charge in [-0.3, -0.25) is 4.79 Å². The molecule has 0 atom stereocenters. The van der Waals surface area contributed by atoms with Crippen LogP contribution in [0.1, 0.15) is 17.5 Å². The topological polar surface area (TPSA) is 57.5 Å². The number of benzene rings is 1. The molecule has 0 saturated carbocycles. The first-order valence-electron chi connectivity index (χ1n) is 4.27. The summed E-state index contributed by atoms with van der Waals surface area (Å²) in [4.78, 5) is 10.2. The first-order valence-corrected chi connectivity index (χ1v) is 4.27. The lowest BCUT2D eigenvalue weighted by molar-refractivity contribution is -0.135. The number of aromatic hydroxyl groups is 1. The van der Waals surface area contributed by atoms with E-state index < -0.39 is 5.97 Å². The van der Waals surface area contributed by atoms with Crippen LogP contribution in [0.3, 0.4) is 0 Å².